The molecule has 0 atom stereocenters. The predicted octanol–water partition coefficient (Wildman–Crippen LogP) is 4.92. The van der Waals surface area contributed by atoms with Crippen molar-refractivity contribution in [3.05, 3.63) is 77.4 Å². The monoisotopic (exact) mass is 338 g/mol. The Morgan fingerprint density at radius 1 is 0.917 bits per heavy atom. The van der Waals surface area contributed by atoms with Crippen molar-refractivity contribution in [1.29, 1.82) is 0 Å². The second-order valence-electron chi connectivity index (χ2n) is 5.39. The molecular formula is C19H19ClN4. The first-order chi connectivity index (χ1) is 11.8. The number of hydrogen-bond donors (Lipinski definition) is 2. The Morgan fingerprint density at radius 3 is 2.54 bits per heavy atom. The molecule has 0 saturated carbocycles. The van der Waals surface area contributed by atoms with Crippen molar-refractivity contribution in [2.24, 2.45) is 0 Å². The van der Waals surface area contributed by atoms with E-state index in [0.717, 1.165) is 25.1 Å². The van der Waals surface area contributed by atoms with Crippen LogP contribution in [-0.2, 0) is 6.42 Å². The number of benzene rings is 2. The van der Waals surface area contributed by atoms with Crippen LogP contribution in [0.2, 0.25) is 5.02 Å². The number of hydrogen-bond acceptors (Lipinski definition) is 4. The minimum Gasteiger partial charge on any atom is -0.354 e. The lowest BCUT2D eigenvalue weighted by atomic mass is 10.1. The molecule has 5 heteroatoms. The zero-order chi connectivity index (χ0) is 16.6. The van der Waals surface area contributed by atoms with Gasteiger partial charge in [-0.1, -0.05) is 54.1 Å². The molecule has 0 amide bonds. The van der Waals surface area contributed by atoms with E-state index >= 15 is 0 Å². The van der Waals surface area contributed by atoms with Gasteiger partial charge in [0, 0.05) is 12.7 Å². The van der Waals surface area contributed by atoms with Gasteiger partial charge in [0.1, 0.15) is 5.82 Å². The van der Waals surface area contributed by atoms with Crippen molar-refractivity contribution in [1.82, 2.24) is 9.97 Å². The summed E-state index contributed by atoms with van der Waals surface area (Å²) in [4.78, 5) is 8.71. The maximum absolute atomic E-state index is 6.15. The van der Waals surface area contributed by atoms with Crippen molar-refractivity contribution in [2.45, 2.75) is 12.8 Å². The van der Waals surface area contributed by atoms with Crippen LogP contribution in [0.4, 0.5) is 17.5 Å². The molecule has 2 N–H and O–H groups in total. The number of para-hydroxylation sites is 1. The number of aryl methyl sites for hydroxylation is 1. The smallest absolute Gasteiger partial charge is 0.224 e. The summed E-state index contributed by atoms with van der Waals surface area (Å²) in [6, 6.07) is 19.9. The molecule has 0 aliphatic rings. The van der Waals surface area contributed by atoms with Crippen LogP contribution < -0.4 is 10.6 Å². The average molecular weight is 339 g/mol. The number of nitrogens with zero attached hydrogens (tertiary/aromatic N) is 2. The van der Waals surface area contributed by atoms with E-state index in [4.69, 9.17) is 11.6 Å². The minimum absolute atomic E-state index is 0.611. The van der Waals surface area contributed by atoms with Gasteiger partial charge < -0.3 is 10.6 Å². The van der Waals surface area contributed by atoms with E-state index in [1.807, 2.05) is 36.4 Å². The number of anilines is 3. The summed E-state index contributed by atoms with van der Waals surface area (Å²) in [5.74, 6) is 1.32. The molecule has 0 fully saturated rings. The summed E-state index contributed by atoms with van der Waals surface area (Å²) in [5.41, 5.74) is 2.17. The predicted molar refractivity (Wildman–Crippen MR) is 100 cm³/mol. The van der Waals surface area contributed by atoms with E-state index in [2.05, 4.69) is 44.9 Å². The van der Waals surface area contributed by atoms with E-state index in [-0.39, 0.29) is 0 Å². The molecule has 3 rings (SSSR count). The van der Waals surface area contributed by atoms with Gasteiger partial charge in [0.25, 0.3) is 0 Å². The van der Waals surface area contributed by atoms with Gasteiger partial charge in [-0.15, -0.1) is 0 Å². The summed E-state index contributed by atoms with van der Waals surface area (Å²) in [6.45, 7) is 0.824. The zero-order valence-electron chi connectivity index (χ0n) is 13.2. The second kappa shape index (κ2) is 8.31. The fraction of sp³-hybridized carbons (Fsp3) is 0.158. The molecule has 2 aromatic carbocycles. The van der Waals surface area contributed by atoms with Gasteiger partial charge in [-0.25, -0.2) is 4.98 Å². The van der Waals surface area contributed by atoms with Gasteiger partial charge in [-0.2, -0.15) is 4.98 Å². The van der Waals surface area contributed by atoms with Crippen LogP contribution in [0.15, 0.2) is 66.9 Å². The molecule has 24 heavy (non-hydrogen) atoms. The largest absolute Gasteiger partial charge is 0.354 e. The molecular weight excluding hydrogens is 320 g/mol. The maximum atomic E-state index is 6.15. The standard InChI is InChI=1S/C19H19ClN4/c20-16-10-4-5-11-17(16)23-18-12-14-22-19(24-18)21-13-6-9-15-7-2-1-3-8-15/h1-5,7-8,10-12,14H,6,9,13H2,(H2,21,22,23,24). The van der Waals surface area contributed by atoms with Gasteiger partial charge in [0.15, 0.2) is 0 Å². The summed E-state index contributed by atoms with van der Waals surface area (Å²) in [6.07, 6.45) is 3.78. The highest BCUT2D eigenvalue weighted by atomic mass is 35.5. The Kier molecular flexibility index (Phi) is 5.64. The van der Waals surface area contributed by atoms with Gasteiger partial charge in [0.2, 0.25) is 5.95 Å². The fourth-order valence-corrected chi connectivity index (χ4v) is 2.53. The third kappa shape index (κ3) is 4.70. The van der Waals surface area contributed by atoms with Crippen LogP contribution in [0.3, 0.4) is 0 Å². The molecule has 122 valence electrons. The molecule has 3 aromatic rings. The van der Waals surface area contributed by atoms with Crippen LogP contribution in [-0.4, -0.2) is 16.5 Å². The third-order valence-corrected chi connectivity index (χ3v) is 3.89. The molecule has 4 nitrogen and oxygen atoms in total. The topological polar surface area (TPSA) is 49.8 Å². The fourth-order valence-electron chi connectivity index (χ4n) is 2.35. The van der Waals surface area contributed by atoms with Crippen molar-refractivity contribution >= 4 is 29.1 Å². The van der Waals surface area contributed by atoms with Crippen molar-refractivity contribution in [3.63, 3.8) is 0 Å². The average Bonchev–Trinajstić information content (AvgIpc) is 2.62. The summed E-state index contributed by atoms with van der Waals surface area (Å²) < 4.78 is 0. The van der Waals surface area contributed by atoms with Crippen molar-refractivity contribution < 1.29 is 0 Å². The second-order valence-corrected chi connectivity index (χ2v) is 5.79. The number of rotatable bonds is 7. The first-order valence-corrected chi connectivity index (χ1v) is 8.31. The van der Waals surface area contributed by atoms with E-state index in [1.165, 1.54) is 5.56 Å². The SMILES string of the molecule is Clc1ccccc1Nc1ccnc(NCCCc2ccccc2)n1. The van der Waals surface area contributed by atoms with Crippen molar-refractivity contribution in [3.8, 4) is 0 Å². The lowest BCUT2D eigenvalue weighted by Gasteiger charge is -2.09. The van der Waals surface area contributed by atoms with Gasteiger partial charge in [-0.3, -0.25) is 0 Å². The maximum Gasteiger partial charge on any atom is 0.224 e. The molecule has 0 saturated heterocycles. The van der Waals surface area contributed by atoms with E-state index in [1.54, 1.807) is 6.20 Å². The normalized spacial score (nSPS) is 10.4. The Bertz CT molecular complexity index is 777. The zero-order valence-corrected chi connectivity index (χ0v) is 14.0. The molecule has 0 aliphatic carbocycles. The molecule has 0 unspecified atom stereocenters. The number of aromatic nitrogens is 2. The molecule has 0 aliphatic heterocycles. The molecule has 0 spiro atoms. The van der Waals surface area contributed by atoms with Crippen LogP contribution in [0.5, 0.6) is 0 Å². The van der Waals surface area contributed by atoms with Crippen LogP contribution in [0, 0.1) is 0 Å². The highest BCUT2D eigenvalue weighted by molar-refractivity contribution is 6.33. The van der Waals surface area contributed by atoms with E-state index in [0.29, 0.717) is 16.8 Å². The Morgan fingerprint density at radius 2 is 1.71 bits per heavy atom. The summed E-state index contributed by atoms with van der Waals surface area (Å²) in [7, 11) is 0. The van der Waals surface area contributed by atoms with Crippen LogP contribution in [0.1, 0.15) is 12.0 Å². The van der Waals surface area contributed by atoms with Crippen molar-refractivity contribution in [2.75, 3.05) is 17.2 Å². The Hall–Kier alpha value is -2.59. The van der Waals surface area contributed by atoms with E-state index < -0.39 is 0 Å². The summed E-state index contributed by atoms with van der Waals surface area (Å²) in [5, 5.41) is 7.13. The Labute approximate surface area is 146 Å². The van der Waals surface area contributed by atoms with E-state index in [9.17, 15) is 0 Å². The lowest BCUT2D eigenvalue weighted by Crippen LogP contribution is -2.07. The highest BCUT2D eigenvalue weighted by Gasteiger charge is 2.02. The highest BCUT2D eigenvalue weighted by Crippen LogP contribution is 2.23. The molecule has 1 aromatic heterocycles. The third-order valence-electron chi connectivity index (χ3n) is 3.56. The number of nitrogens with one attached hydrogen (secondary N) is 2. The first-order valence-electron chi connectivity index (χ1n) is 7.94. The quantitative estimate of drug-likeness (QED) is 0.600. The molecule has 1 heterocycles. The first kappa shape index (κ1) is 16.3. The number of halogens is 1. The lowest BCUT2D eigenvalue weighted by molar-refractivity contribution is 0.853. The molecule has 0 radical (unpaired) electrons. The van der Waals surface area contributed by atoms with Gasteiger partial charge in [-0.05, 0) is 36.6 Å². The van der Waals surface area contributed by atoms with Gasteiger partial charge >= 0.3 is 0 Å². The van der Waals surface area contributed by atoms with Crippen LogP contribution >= 0.6 is 11.6 Å². The summed E-state index contributed by atoms with van der Waals surface area (Å²) >= 11 is 6.15. The minimum atomic E-state index is 0.611. The van der Waals surface area contributed by atoms with Crippen LogP contribution in [0.25, 0.3) is 0 Å². The Balaban J connectivity index is 1.53. The molecule has 0 bridgehead atoms. The van der Waals surface area contributed by atoms with Gasteiger partial charge in [0.05, 0.1) is 10.7 Å².